The summed E-state index contributed by atoms with van der Waals surface area (Å²) in [7, 11) is 0. The van der Waals surface area contributed by atoms with Gasteiger partial charge >= 0.3 is 5.97 Å². The van der Waals surface area contributed by atoms with Gasteiger partial charge in [0.05, 0.1) is 11.3 Å². The maximum absolute atomic E-state index is 12.0. The minimum atomic E-state index is -0.867. The number of benzene rings is 3. The number of fused-ring (bicyclic) bond motifs is 5. The Balaban J connectivity index is 1.33. The largest absolute Gasteiger partial charge is 0.489 e. The summed E-state index contributed by atoms with van der Waals surface area (Å²) < 4.78 is 8.81. The summed E-state index contributed by atoms with van der Waals surface area (Å²) in [4.78, 5) is 17.2. The van der Waals surface area contributed by atoms with Crippen LogP contribution in [0.25, 0.3) is 22.2 Å². The molecule has 2 fully saturated rings. The maximum Gasteiger partial charge on any atom is 0.335 e. The molecule has 224 valence electrons. The van der Waals surface area contributed by atoms with E-state index in [1.54, 1.807) is 6.07 Å². The van der Waals surface area contributed by atoms with Crippen LogP contribution < -0.4 is 9.64 Å². The summed E-state index contributed by atoms with van der Waals surface area (Å²) in [6.45, 7) is 6.65. The summed E-state index contributed by atoms with van der Waals surface area (Å²) >= 11 is 0. The summed E-state index contributed by atoms with van der Waals surface area (Å²) in [6, 6.07) is 22.8. The molecule has 3 heterocycles. The molecular formula is C37H43N3O3. The van der Waals surface area contributed by atoms with Gasteiger partial charge in [-0.15, -0.1) is 0 Å². The van der Waals surface area contributed by atoms with E-state index in [1.807, 2.05) is 12.1 Å². The molecule has 3 aromatic carbocycles. The number of carboxylic acid groups (broad SMARTS) is 1. The average molecular weight is 578 g/mol. The van der Waals surface area contributed by atoms with Crippen molar-refractivity contribution >= 4 is 22.6 Å². The smallest absolute Gasteiger partial charge is 0.335 e. The lowest BCUT2D eigenvalue weighted by Gasteiger charge is -2.31. The van der Waals surface area contributed by atoms with Crippen molar-refractivity contribution in [1.82, 2.24) is 9.47 Å². The van der Waals surface area contributed by atoms with E-state index >= 15 is 0 Å². The molecular weight excluding hydrogens is 534 g/mol. The van der Waals surface area contributed by atoms with Crippen LogP contribution in [0.5, 0.6) is 5.75 Å². The molecule has 1 N–H and O–H groups in total. The van der Waals surface area contributed by atoms with Crippen LogP contribution in [0, 0.1) is 0 Å². The number of hydrogen-bond donors (Lipinski definition) is 1. The number of piperidine rings is 1. The fourth-order valence-electron chi connectivity index (χ4n) is 7.66. The highest BCUT2D eigenvalue weighted by molar-refractivity contribution is 5.99. The van der Waals surface area contributed by atoms with Gasteiger partial charge in [0, 0.05) is 54.4 Å². The van der Waals surface area contributed by atoms with Crippen molar-refractivity contribution in [2.45, 2.75) is 70.4 Å². The highest BCUT2D eigenvalue weighted by atomic mass is 16.5. The van der Waals surface area contributed by atoms with E-state index in [0.717, 1.165) is 43.0 Å². The van der Waals surface area contributed by atoms with Gasteiger partial charge in [-0.05, 0) is 80.1 Å². The Bertz CT molecular complexity index is 1580. The van der Waals surface area contributed by atoms with E-state index in [1.165, 1.54) is 92.4 Å². The van der Waals surface area contributed by atoms with Gasteiger partial charge in [-0.1, -0.05) is 62.1 Å². The third-order valence-electron chi connectivity index (χ3n) is 9.91. The van der Waals surface area contributed by atoms with E-state index in [4.69, 9.17) is 4.74 Å². The van der Waals surface area contributed by atoms with Crippen LogP contribution in [-0.2, 0) is 13.2 Å². The Morgan fingerprint density at radius 3 is 2.40 bits per heavy atom. The van der Waals surface area contributed by atoms with Crippen molar-refractivity contribution in [2.24, 2.45) is 0 Å². The molecule has 0 unspecified atom stereocenters. The van der Waals surface area contributed by atoms with Gasteiger partial charge in [0.1, 0.15) is 12.4 Å². The third kappa shape index (κ3) is 5.77. The monoisotopic (exact) mass is 577 g/mol. The van der Waals surface area contributed by atoms with Crippen LogP contribution in [0.4, 0.5) is 5.69 Å². The van der Waals surface area contributed by atoms with Crippen LogP contribution in [-0.4, -0.2) is 53.3 Å². The Labute approximate surface area is 254 Å². The van der Waals surface area contributed by atoms with Crippen LogP contribution in [0.2, 0.25) is 0 Å². The van der Waals surface area contributed by atoms with Crippen molar-refractivity contribution < 1.29 is 14.6 Å². The van der Waals surface area contributed by atoms with Crippen LogP contribution in [0.1, 0.15) is 78.8 Å². The number of carboxylic acids is 1. The highest BCUT2D eigenvalue weighted by Gasteiger charge is 2.31. The number of nitrogens with zero attached hydrogens (tertiary/aromatic N) is 3. The number of rotatable bonds is 8. The molecule has 2 aliphatic heterocycles. The molecule has 6 nitrogen and oxygen atoms in total. The standard InChI is InChI=1S/C37H43N3O3/c41-37(42)29-14-16-31-34(24-29)40-23-22-39(21-20-38-18-8-3-9-19-38)33-25-30(43-26-27-10-4-1-5-11-27)15-17-32(33)36(40)35(31)28-12-6-2-7-13-28/h1,4-5,10-11,14-17,24-25,28H,2-3,6-9,12-13,18-23,26H2,(H,41,42). The molecule has 0 spiro atoms. The molecule has 1 saturated carbocycles. The summed E-state index contributed by atoms with van der Waals surface area (Å²) in [6.07, 6.45) is 10.1. The average Bonchev–Trinajstić information content (AvgIpc) is 3.29. The number of anilines is 1. The Kier molecular flexibility index (Phi) is 8.12. The van der Waals surface area contributed by atoms with E-state index in [2.05, 4.69) is 62.9 Å². The van der Waals surface area contributed by atoms with Gasteiger partial charge in [-0.2, -0.15) is 0 Å². The second-order valence-electron chi connectivity index (χ2n) is 12.6. The number of likely N-dealkylation sites (tertiary alicyclic amines) is 1. The molecule has 3 aliphatic rings. The number of ether oxygens (including phenoxy) is 1. The highest BCUT2D eigenvalue weighted by Crippen LogP contribution is 2.48. The second kappa shape index (κ2) is 12.5. The van der Waals surface area contributed by atoms with Crippen LogP contribution in [0.15, 0.2) is 66.7 Å². The van der Waals surface area contributed by atoms with Gasteiger partial charge < -0.3 is 24.2 Å². The Morgan fingerprint density at radius 1 is 0.814 bits per heavy atom. The van der Waals surface area contributed by atoms with E-state index in [0.29, 0.717) is 18.1 Å². The zero-order chi connectivity index (χ0) is 29.2. The minimum absolute atomic E-state index is 0.360. The molecule has 43 heavy (non-hydrogen) atoms. The molecule has 1 saturated heterocycles. The predicted molar refractivity (Wildman–Crippen MR) is 173 cm³/mol. The molecule has 0 atom stereocenters. The van der Waals surface area contributed by atoms with Gasteiger partial charge in [-0.25, -0.2) is 4.79 Å². The van der Waals surface area contributed by atoms with E-state index in [-0.39, 0.29) is 0 Å². The minimum Gasteiger partial charge on any atom is -0.489 e. The lowest BCUT2D eigenvalue weighted by atomic mass is 9.81. The molecule has 6 heteroatoms. The lowest BCUT2D eigenvalue weighted by molar-refractivity contribution is 0.0697. The first kappa shape index (κ1) is 28.0. The molecule has 7 rings (SSSR count). The quantitative estimate of drug-likeness (QED) is 0.230. The lowest BCUT2D eigenvalue weighted by Crippen LogP contribution is -2.38. The van der Waals surface area contributed by atoms with Gasteiger partial charge in [0.15, 0.2) is 0 Å². The number of carbonyl (C=O) groups is 1. The summed E-state index contributed by atoms with van der Waals surface area (Å²) in [5.41, 5.74) is 7.77. The van der Waals surface area contributed by atoms with Crippen molar-refractivity contribution in [3.63, 3.8) is 0 Å². The summed E-state index contributed by atoms with van der Waals surface area (Å²) in [5, 5.41) is 11.1. The molecule has 4 aromatic rings. The number of hydrogen-bond acceptors (Lipinski definition) is 4. The van der Waals surface area contributed by atoms with E-state index in [9.17, 15) is 9.90 Å². The molecule has 0 radical (unpaired) electrons. The first-order chi connectivity index (χ1) is 21.2. The Morgan fingerprint density at radius 2 is 1.60 bits per heavy atom. The summed E-state index contributed by atoms with van der Waals surface area (Å²) in [5.74, 6) is 0.515. The first-order valence-corrected chi connectivity index (χ1v) is 16.3. The van der Waals surface area contributed by atoms with Gasteiger partial charge in [0.2, 0.25) is 0 Å². The van der Waals surface area contributed by atoms with Crippen molar-refractivity contribution in [1.29, 1.82) is 0 Å². The van der Waals surface area contributed by atoms with Crippen molar-refractivity contribution in [3.8, 4) is 17.0 Å². The maximum atomic E-state index is 12.0. The third-order valence-corrected chi connectivity index (χ3v) is 9.91. The fraction of sp³-hybridized carbons (Fsp3) is 0.432. The normalized spacial score (nSPS) is 17.8. The van der Waals surface area contributed by atoms with Gasteiger partial charge in [0.25, 0.3) is 0 Å². The zero-order valence-electron chi connectivity index (χ0n) is 25.1. The van der Waals surface area contributed by atoms with Crippen LogP contribution >= 0.6 is 0 Å². The number of aromatic carboxylic acids is 1. The second-order valence-corrected chi connectivity index (χ2v) is 12.6. The van der Waals surface area contributed by atoms with E-state index < -0.39 is 5.97 Å². The molecule has 1 aromatic heterocycles. The fourth-order valence-corrected chi connectivity index (χ4v) is 7.66. The number of aromatic nitrogens is 1. The van der Waals surface area contributed by atoms with Gasteiger partial charge in [-0.3, -0.25) is 0 Å². The Hall–Kier alpha value is -3.77. The SMILES string of the molecule is O=C(O)c1ccc2c(C3CCCCC3)c3n(c2c1)CCN(CCN1CCCCC1)c1cc(OCc2ccccc2)ccc1-3. The molecule has 0 bridgehead atoms. The van der Waals surface area contributed by atoms with Crippen molar-refractivity contribution in [3.05, 3.63) is 83.4 Å². The van der Waals surface area contributed by atoms with Crippen molar-refractivity contribution in [2.75, 3.05) is 37.6 Å². The van der Waals surface area contributed by atoms with Crippen LogP contribution in [0.3, 0.4) is 0 Å². The first-order valence-electron chi connectivity index (χ1n) is 16.3. The zero-order valence-corrected chi connectivity index (χ0v) is 25.1. The predicted octanol–water partition coefficient (Wildman–Crippen LogP) is 7.94. The molecule has 0 amide bonds. The topological polar surface area (TPSA) is 57.9 Å². The molecule has 1 aliphatic carbocycles.